The van der Waals surface area contributed by atoms with Gasteiger partial charge in [-0.3, -0.25) is 5.32 Å². The molecular weight excluding hydrogens is 353 g/mol. The Hall–Kier alpha value is -2.82. The molecule has 1 aliphatic heterocycles. The minimum absolute atomic E-state index is 0.0920. The van der Waals surface area contributed by atoms with Gasteiger partial charge in [0.25, 0.3) is 0 Å². The second kappa shape index (κ2) is 8.71. The number of rotatable bonds is 3. The lowest BCUT2D eigenvalue weighted by molar-refractivity contribution is 0.0153. The van der Waals surface area contributed by atoms with Crippen molar-refractivity contribution in [3.63, 3.8) is 0 Å². The lowest BCUT2D eigenvalue weighted by atomic mass is 9.98. The average Bonchev–Trinajstić information content (AvgIpc) is 2.59. The molecule has 0 radical (unpaired) electrons. The van der Waals surface area contributed by atoms with Gasteiger partial charge < -0.3 is 14.4 Å². The summed E-state index contributed by atoms with van der Waals surface area (Å²) in [6.45, 7) is 6.78. The number of anilines is 1. The quantitative estimate of drug-likeness (QED) is 0.863. The lowest BCUT2D eigenvalue weighted by Gasteiger charge is -2.33. The molecule has 1 fully saturated rings. The first kappa shape index (κ1) is 20.5. The van der Waals surface area contributed by atoms with Crippen molar-refractivity contribution in [1.29, 1.82) is 5.26 Å². The van der Waals surface area contributed by atoms with Crippen molar-refractivity contribution >= 4 is 17.9 Å². The summed E-state index contributed by atoms with van der Waals surface area (Å²) in [5.41, 5.74) is -0.401. The molecule has 0 unspecified atom stereocenters. The number of halogens is 1. The Labute approximate surface area is 158 Å². The second-order valence-electron chi connectivity index (χ2n) is 7.44. The Morgan fingerprint density at radius 3 is 2.56 bits per heavy atom. The number of likely N-dealkylation sites (tertiary alicyclic amines) is 1. The number of amides is 2. The van der Waals surface area contributed by atoms with E-state index < -0.39 is 17.5 Å². The zero-order valence-corrected chi connectivity index (χ0v) is 15.8. The number of ether oxygens (including phenoxy) is 2. The minimum Gasteiger partial charge on any atom is -0.449 e. The van der Waals surface area contributed by atoms with E-state index in [1.807, 2.05) is 20.8 Å². The summed E-state index contributed by atoms with van der Waals surface area (Å²) in [5, 5.41) is 11.1. The van der Waals surface area contributed by atoms with E-state index in [0.717, 1.165) is 6.07 Å². The number of hydrogen-bond donors (Lipinski definition) is 1. The number of benzene rings is 1. The molecule has 1 N–H and O–H groups in total. The summed E-state index contributed by atoms with van der Waals surface area (Å²) in [6.07, 6.45) is 0.395. The lowest BCUT2D eigenvalue weighted by Crippen LogP contribution is -2.42. The Bertz CT molecular complexity index is 731. The van der Waals surface area contributed by atoms with Crippen LogP contribution in [0.5, 0.6) is 0 Å². The molecule has 0 atom stereocenters. The zero-order chi connectivity index (χ0) is 20.0. The highest BCUT2D eigenvalue weighted by molar-refractivity contribution is 5.84. The van der Waals surface area contributed by atoms with Crippen LogP contribution in [0.15, 0.2) is 18.2 Å². The highest BCUT2D eigenvalue weighted by atomic mass is 19.1. The molecule has 1 saturated heterocycles. The Morgan fingerprint density at radius 1 is 1.33 bits per heavy atom. The molecule has 0 spiro atoms. The van der Waals surface area contributed by atoms with Gasteiger partial charge in [-0.05, 0) is 57.7 Å². The van der Waals surface area contributed by atoms with E-state index >= 15 is 0 Å². The first-order valence-electron chi connectivity index (χ1n) is 8.79. The van der Waals surface area contributed by atoms with Gasteiger partial charge in [0, 0.05) is 18.8 Å². The third-order valence-electron chi connectivity index (χ3n) is 4.05. The standard InChI is InChI=1S/C19H24FN3O4/c1-19(2,3)27-18(25)23-8-6-13(7-9-23)12-26-17(24)22-15-5-4-14(11-21)16(20)10-15/h4-5,10,13H,6-9,12H2,1-3H3,(H,22,24). The number of nitrogens with one attached hydrogen (secondary N) is 1. The van der Waals surface area contributed by atoms with Crippen molar-refractivity contribution in [2.45, 2.75) is 39.2 Å². The molecule has 146 valence electrons. The Morgan fingerprint density at radius 2 is 2.00 bits per heavy atom. The summed E-state index contributed by atoms with van der Waals surface area (Å²) in [4.78, 5) is 25.5. The predicted molar refractivity (Wildman–Crippen MR) is 96.6 cm³/mol. The van der Waals surface area contributed by atoms with Crippen molar-refractivity contribution < 1.29 is 23.5 Å². The van der Waals surface area contributed by atoms with Gasteiger partial charge in [0.15, 0.2) is 0 Å². The summed E-state index contributed by atoms with van der Waals surface area (Å²) in [6, 6.07) is 5.50. The van der Waals surface area contributed by atoms with E-state index in [1.165, 1.54) is 12.1 Å². The van der Waals surface area contributed by atoms with E-state index in [9.17, 15) is 14.0 Å². The third kappa shape index (κ3) is 6.44. The van der Waals surface area contributed by atoms with Gasteiger partial charge in [0.2, 0.25) is 0 Å². The molecule has 2 rings (SSSR count). The molecule has 0 saturated carbocycles. The van der Waals surface area contributed by atoms with Gasteiger partial charge >= 0.3 is 12.2 Å². The number of nitrogens with zero attached hydrogens (tertiary/aromatic N) is 2. The van der Waals surface area contributed by atoms with Crippen molar-refractivity contribution in [3.05, 3.63) is 29.6 Å². The number of carbonyl (C=O) groups excluding carboxylic acids is 2. The number of nitriles is 1. The molecule has 0 bridgehead atoms. The zero-order valence-electron chi connectivity index (χ0n) is 15.8. The summed E-state index contributed by atoms with van der Waals surface area (Å²) < 4.78 is 24.1. The van der Waals surface area contributed by atoms with Crippen molar-refractivity contribution in [2.75, 3.05) is 25.0 Å². The number of hydrogen-bond acceptors (Lipinski definition) is 5. The van der Waals surface area contributed by atoms with Crippen LogP contribution < -0.4 is 5.32 Å². The summed E-state index contributed by atoms with van der Waals surface area (Å²) in [5.74, 6) is -0.558. The van der Waals surface area contributed by atoms with Gasteiger partial charge in [0.05, 0.1) is 12.2 Å². The van der Waals surface area contributed by atoms with Crippen molar-refractivity contribution in [2.24, 2.45) is 5.92 Å². The number of carbonyl (C=O) groups is 2. The van der Waals surface area contributed by atoms with E-state index in [1.54, 1.807) is 11.0 Å². The van der Waals surface area contributed by atoms with Crippen LogP contribution in [0.3, 0.4) is 0 Å². The SMILES string of the molecule is CC(C)(C)OC(=O)N1CCC(COC(=O)Nc2ccc(C#N)c(F)c2)CC1. The van der Waals surface area contributed by atoms with Crippen LogP contribution in [0, 0.1) is 23.1 Å². The predicted octanol–water partition coefficient (Wildman–Crippen LogP) is 3.89. The van der Waals surface area contributed by atoms with E-state index in [2.05, 4.69) is 5.32 Å². The highest BCUT2D eigenvalue weighted by Gasteiger charge is 2.27. The number of piperidine rings is 1. The molecule has 1 aromatic carbocycles. The second-order valence-corrected chi connectivity index (χ2v) is 7.44. The maximum absolute atomic E-state index is 13.5. The third-order valence-corrected chi connectivity index (χ3v) is 4.05. The Balaban J connectivity index is 1.73. The first-order chi connectivity index (χ1) is 12.7. The molecular formula is C19H24FN3O4. The minimum atomic E-state index is -0.704. The van der Waals surface area contributed by atoms with Crippen LogP contribution in [-0.4, -0.2) is 42.4 Å². The fourth-order valence-electron chi connectivity index (χ4n) is 2.64. The molecule has 8 heteroatoms. The molecule has 1 aromatic rings. The normalized spacial score (nSPS) is 15.0. The molecule has 1 aliphatic rings. The molecule has 27 heavy (non-hydrogen) atoms. The first-order valence-corrected chi connectivity index (χ1v) is 8.79. The molecule has 7 nitrogen and oxygen atoms in total. The summed E-state index contributed by atoms with van der Waals surface area (Å²) >= 11 is 0. The highest BCUT2D eigenvalue weighted by Crippen LogP contribution is 2.20. The van der Waals surface area contributed by atoms with Crippen LogP contribution in [0.1, 0.15) is 39.2 Å². The molecule has 1 heterocycles. The van der Waals surface area contributed by atoms with Crippen LogP contribution in [-0.2, 0) is 9.47 Å². The van der Waals surface area contributed by atoms with Crippen molar-refractivity contribution in [1.82, 2.24) is 4.90 Å². The topological polar surface area (TPSA) is 91.7 Å². The van der Waals surface area contributed by atoms with Gasteiger partial charge in [0.1, 0.15) is 17.5 Å². The van der Waals surface area contributed by atoms with Crippen LogP contribution >= 0.6 is 0 Å². The molecule has 0 aromatic heterocycles. The van der Waals surface area contributed by atoms with Gasteiger partial charge in [-0.1, -0.05) is 0 Å². The van der Waals surface area contributed by atoms with E-state index in [0.29, 0.717) is 25.9 Å². The van der Waals surface area contributed by atoms with Crippen LogP contribution in [0.4, 0.5) is 19.7 Å². The van der Waals surface area contributed by atoms with Gasteiger partial charge in [-0.15, -0.1) is 0 Å². The average molecular weight is 377 g/mol. The molecule has 2 amide bonds. The monoisotopic (exact) mass is 377 g/mol. The van der Waals surface area contributed by atoms with E-state index in [-0.39, 0.29) is 29.9 Å². The smallest absolute Gasteiger partial charge is 0.411 e. The summed E-state index contributed by atoms with van der Waals surface area (Å²) in [7, 11) is 0. The maximum atomic E-state index is 13.5. The fraction of sp³-hybridized carbons (Fsp3) is 0.526. The fourth-order valence-corrected chi connectivity index (χ4v) is 2.64. The molecule has 0 aliphatic carbocycles. The van der Waals surface area contributed by atoms with E-state index in [4.69, 9.17) is 14.7 Å². The Kier molecular flexibility index (Phi) is 6.61. The largest absolute Gasteiger partial charge is 0.449 e. The van der Waals surface area contributed by atoms with Gasteiger partial charge in [-0.25, -0.2) is 14.0 Å². The van der Waals surface area contributed by atoms with Crippen LogP contribution in [0.2, 0.25) is 0 Å². The van der Waals surface area contributed by atoms with Crippen molar-refractivity contribution in [3.8, 4) is 6.07 Å². The van der Waals surface area contributed by atoms with Crippen LogP contribution in [0.25, 0.3) is 0 Å². The van der Waals surface area contributed by atoms with Gasteiger partial charge in [-0.2, -0.15) is 5.26 Å². The maximum Gasteiger partial charge on any atom is 0.411 e.